The average Bonchev–Trinajstić information content (AvgIpc) is 2.86. The van der Waals surface area contributed by atoms with E-state index in [1.807, 2.05) is 0 Å². The second-order valence-electron chi connectivity index (χ2n) is 7.10. The summed E-state index contributed by atoms with van der Waals surface area (Å²) in [5, 5.41) is 20.6. The Morgan fingerprint density at radius 3 is 2.79 bits per heavy atom. The summed E-state index contributed by atoms with van der Waals surface area (Å²) in [4.78, 5) is 12.0. The molecule has 1 saturated carbocycles. The van der Waals surface area contributed by atoms with Gasteiger partial charge in [-0.2, -0.15) is 0 Å². The van der Waals surface area contributed by atoms with Crippen molar-refractivity contribution in [2.24, 2.45) is 23.2 Å². The molecule has 5 atom stereocenters. The van der Waals surface area contributed by atoms with Gasteiger partial charge in [0.25, 0.3) is 0 Å². The predicted molar refractivity (Wildman–Crippen MR) is 69.2 cm³/mol. The van der Waals surface area contributed by atoms with Crippen LogP contribution < -0.4 is 0 Å². The van der Waals surface area contributed by atoms with Crippen LogP contribution in [0.4, 0.5) is 0 Å². The van der Waals surface area contributed by atoms with Crippen LogP contribution >= 0.6 is 0 Å². The quantitative estimate of drug-likeness (QED) is 0.554. The van der Waals surface area contributed by atoms with Gasteiger partial charge < -0.3 is 14.9 Å². The van der Waals surface area contributed by atoms with Gasteiger partial charge >= 0.3 is 5.97 Å². The molecule has 0 aromatic heterocycles. The largest absolute Gasteiger partial charge is 0.462 e. The van der Waals surface area contributed by atoms with Gasteiger partial charge in [0.2, 0.25) is 0 Å². The molecule has 106 valence electrons. The van der Waals surface area contributed by atoms with Crippen LogP contribution in [-0.4, -0.2) is 34.5 Å². The van der Waals surface area contributed by atoms with Crippen LogP contribution in [0.25, 0.3) is 0 Å². The van der Waals surface area contributed by atoms with E-state index in [9.17, 15) is 15.0 Å². The van der Waals surface area contributed by atoms with E-state index < -0.39 is 18.1 Å². The van der Waals surface area contributed by atoms with E-state index in [0.717, 1.165) is 12.0 Å². The van der Waals surface area contributed by atoms with Crippen molar-refractivity contribution in [2.45, 2.75) is 45.3 Å². The van der Waals surface area contributed by atoms with Gasteiger partial charge in [0.05, 0.1) is 12.5 Å². The van der Waals surface area contributed by atoms with E-state index in [0.29, 0.717) is 6.42 Å². The number of aliphatic hydroxyl groups is 2. The Morgan fingerprint density at radius 1 is 1.47 bits per heavy atom. The second-order valence-corrected chi connectivity index (χ2v) is 7.10. The van der Waals surface area contributed by atoms with Gasteiger partial charge in [0.15, 0.2) is 0 Å². The highest BCUT2D eigenvalue weighted by molar-refractivity contribution is 5.77. The topological polar surface area (TPSA) is 66.8 Å². The van der Waals surface area contributed by atoms with Gasteiger partial charge in [0.1, 0.15) is 11.7 Å². The Balaban J connectivity index is 2.12. The molecule has 1 aliphatic heterocycles. The van der Waals surface area contributed by atoms with Gasteiger partial charge in [-0.25, -0.2) is 0 Å². The van der Waals surface area contributed by atoms with Crippen LogP contribution in [0.3, 0.4) is 0 Å². The first-order chi connectivity index (χ1) is 8.78. The molecule has 0 radical (unpaired) electrons. The Bertz CT molecular complexity index is 453. The van der Waals surface area contributed by atoms with Crippen molar-refractivity contribution in [3.63, 3.8) is 0 Å². The zero-order chi connectivity index (χ0) is 14.0. The standard InChI is InChI=1S/C15H22O4/c1-8-9-5-14(2,3)6-11(9)15(18,7-16)10-4-12(8)19-13(10)17/h6,8-10,12,16,18H,4-5,7H2,1-3H3. The zero-order valence-corrected chi connectivity index (χ0v) is 11.7. The Hall–Kier alpha value is -0.870. The highest BCUT2D eigenvalue weighted by atomic mass is 16.6. The molecule has 3 aliphatic rings. The first kappa shape index (κ1) is 13.1. The Labute approximate surface area is 113 Å². The van der Waals surface area contributed by atoms with Crippen LogP contribution in [0.2, 0.25) is 0 Å². The summed E-state index contributed by atoms with van der Waals surface area (Å²) in [5.41, 5.74) is -0.580. The van der Waals surface area contributed by atoms with Crippen molar-refractivity contribution < 1.29 is 19.7 Å². The molecule has 3 rings (SSSR count). The van der Waals surface area contributed by atoms with Crippen molar-refractivity contribution >= 4 is 5.97 Å². The van der Waals surface area contributed by atoms with E-state index in [2.05, 4.69) is 26.8 Å². The first-order valence-corrected chi connectivity index (χ1v) is 7.05. The fourth-order valence-electron chi connectivity index (χ4n) is 4.16. The first-order valence-electron chi connectivity index (χ1n) is 7.05. The lowest BCUT2D eigenvalue weighted by Crippen LogP contribution is -2.47. The van der Waals surface area contributed by atoms with Crippen molar-refractivity contribution in [3.8, 4) is 0 Å². The summed E-state index contributed by atoms with van der Waals surface area (Å²) in [6, 6.07) is 0. The summed E-state index contributed by atoms with van der Waals surface area (Å²) in [7, 11) is 0. The molecule has 2 N–H and O–H groups in total. The summed E-state index contributed by atoms with van der Waals surface area (Å²) in [5.74, 6) is -0.592. The molecular weight excluding hydrogens is 244 g/mol. The molecule has 1 saturated heterocycles. The molecular formula is C15H22O4. The number of allylic oxidation sites excluding steroid dienone is 1. The average molecular weight is 266 g/mol. The maximum absolute atomic E-state index is 12.0. The van der Waals surface area contributed by atoms with E-state index in [4.69, 9.17) is 4.74 Å². The van der Waals surface area contributed by atoms with Crippen molar-refractivity contribution in [1.29, 1.82) is 0 Å². The molecule has 4 nitrogen and oxygen atoms in total. The lowest BCUT2D eigenvalue weighted by Gasteiger charge is -2.35. The van der Waals surface area contributed by atoms with Crippen LogP contribution in [-0.2, 0) is 9.53 Å². The maximum Gasteiger partial charge on any atom is 0.312 e. The van der Waals surface area contributed by atoms with Crippen molar-refractivity contribution in [2.75, 3.05) is 6.61 Å². The van der Waals surface area contributed by atoms with Crippen LogP contribution in [0, 0.1) is 23.2 Å². The number of rotatable bonds is 1. The van der Waals surface area contributed by atoms with E-state index >= 15 is 0 Å². The van der Waals surface area contributed by atoms with E-state index in [1.54, 1.807) is 0 Å². The summed E-state index contributed by atoms with van der Waals surface area (Å²) in [6.45, 7) is 5.93. The SMILES string of the molecule is CC1C2CC(C(=O)O2)C(O)(CO)C2=CC(C)(C)CC21. The zero-order valence-electron chi connectivity index (χ0n) is 11.7. The third kappa shape index (κ3) is 1.69. The molecule has 2 aliphatic carbocycles. The van der Waals surface area contributed by atoms with Crippen molar-refractivity contribution in [1.82, 2.24) is 0 Å². The molecule has 0 spiro atoms. The van der Waals surface area contributed by atoms with Gasteiger partial charge in [-0.15, -0.1) is 0 Å². The number of aliphatic hydroxyl groups excluding tert-OH is 1. The van der Waals surface area contributed by atoms with Gasteiger partial charge in [0, 0.05) is 6.42 Å². The van der Waals surface area contributed by atoms with E-state index in [-0.39, 0.29) is 29.3 Å². The molecule has 0 amide bonds. The molecule has 5 unspecified atom stereocenters. The minimum Gasteiger partial charge on any atom is -0.462 e. The fourth-order valence-corrected chi connectivity index (χ4v) is 4.16. The highest BCUT2D eigenvalue weighted by Crippen LogP contribution is 2.55. The minimum atomic E-state index is -1.44. The molecule has 0 aromatic carbocycles. The van der Waals surface area contributed by atoms with Gasteiger partial charge in [-0.05, 0) is 29.2 Å². The van der Waals surface area contributed by atoms with Crippen LogP contribution in [0.15, 0.2) is 11.6 Å². The fraction of sp³-hybridized carbons (Fsp3) is 0.800. The molecule has 2 bridgehead atoms. The van der Waals surface area contributed by atoms with Gasteiger partial charge in [-0.1, -0.05) is 26.8 Å². The minimum absolute atomic E-state index is 0.00274. The highest BCUT2D eigenvalue weighted by Gasteiger charge is 2.59. The normalized spacial score (nSPS) is 47.4. The van der Waals surface area contributed by atoms with Crippen molar-refractivity contribution in [3.05, 3.63) is 11.6 Å². The molecule has 2 fully saturated rings. The van der Waals surface area contributed by atoms with Gasteiger partial charge in [-0.3, -0.25) is 4.79 Å². The summed E-state index contributed by atoms with van der Waals surface area (Å²) >= 11 is 0. The molecule has 19 heavy (non-hydrogen) atoms. The number of carbonyl (C=O) groups is 1. The smallest absolute Gasteiger partial charge is 0.312 e. The Kier molecular flexibility index (Phi) is 2.64. The number of carbonyl (C=O) groups excluding carboxylic acids is 1. The summed E-state index contributed by atoms with van der Waals surface area (Å²) in [6.07, 6.45) is 3.40. The number of hydrogen-bond acceptors (Lipinski definition) is 4. The maximum atomic E-state index is 12.0. The predicted octanol–water partition coefficient (Wildman–Crippen LogP) is 1.26. The monoisotopic (exact) mass is 266 g/mol. The third-order valence-electron chi connectivity index (χ3n) is 5.25. The van der Waals surface area contributed by atoms with Crippen LogP contribution in [0.5, 0.6) is 0 Å². The van der Waals surface area contributed by atoms with E-state index in [1.165, 1.54) is 0 Å². The lowest BCUT2D eigenvalue weighted by molar-refractivity contribution is -0.155. The molecule has 1 heterocycles. The third-order valence-corrected chi connectivity index (χ3v) is 5.25. The van der Waals surface area contributed by atoms with Crippen LogP contribution in [0.1, 0.15) is 33.6 Å². The number of hydrogen-bond donors (Lipinski definition) is 2. The summed E-state index contributed by atoms with van der Waals surface area (Å²) < 4.78 is 5.41. The Morgan fingerprint density at radius 2 is 2.16 bits per heavy atom. The number of fused-ring (bicyclic) bond motifs is 3. The second kappa shape index (κ2) is 3.83. The lowest BCUT2D eigenvalue weighted by atomic mass is 9.76. The number of esters is 1. The molecule has 0 aromatic rings. The number of ether oxygens (including phenoxy) is 1. The molecule has 4 heteroatoms.